The Morgan fingerprint density at radius 2 is 1.40 bits per heavy atom. The summed E-state index contributed by atoms with van der Waals surface area (Å²) in [4.78, 5) is 39.1. The molecular formula is C25H22N2O3. The van der Waals surface area contributed by atoms with Crippen LogP contribution in [-0.2, 0) is 13.0 Å². The topological polar surface area (TPSA) is 66.5 Å². The van der Waals surface area contributed by atoms with Crippen LogP contribution in [-0.4, -0.2) is 29.2 Å². The zero-order chi connectivity index (χ0) is 20.9. The van der Waals surface area contributed by atoms with Gasteiger partial charge in [-0.1, -0.05) is 60.7 Å². The van der Waals surface area contributed by atoms with Crippen molar-refractivity contribution in [1.29, 1.82) is 0 Å². The normalized spacial score (nSPS) is 12.7. The Bertz CT molecular complexity index is 1080. The molecule has 4 rings (SSSR count). The van der Waals surface area contributed by atoms with Crippen molar-refractivity contribution in [1.82, 2.24) is 10.2 Å². The zero-order valence-corrected chi connectivity index (χ0v) is 16.5. The molecule has 0 saturated heterocycles. The van der Waals surface area contributed by atoms with Crippen LogP contribution in [0.1, 0.15) is 48.6 Å². The molecule has 1 heterocycles. The maximum atomic E-state index is 12.8. The molecule has 5 heteroatoms. The second-order valence-electron chi connectivity index (χ2n) is 7.29. The summed E-state index contributed by atoms with van der Waals surface area (Å²) in [6.07, 6.45) is 1.70. The van der Waals surface area contributed by atoms with Crippen LogP contribution in [0.2, 0.25) is 0 Å². The fourth-order valence-electron chi connectivity index (χ4n) is 3.58. The first kappa shape index (κ1) is 19.6. The van der Waals surface area contributed by atoms with Crippen LogP contribution in [0.5, 0.6) is 0 Å². The number of rotatable bonds is 7. The molecule has 0 aliphatic carbocycles. The number of amides is 3. The van der Waals surface area contributed by atoms with Gasteiger partial charge in [-0.05, 0) is 42.2 Å². The largest absolute Gasteiger partial charge is 0.352 e. The van der Waals surface area contributed by atoms with Gasteiger partial charge in [0.25, 0.3) is 17.7 Å². The molecule has 3 aromatic carbocycles. The number of fused-ring (bicyclic) bond motifs is 1. The summed E-state index contributed by atoms with van der Waals surface area (Å²) in [6.45, 7) is 0.756. The van der Waals surface area contributed by atoms with E-state index in [9.17, 15) is 14.4 Å². The SMILES string of the molecule is O=C(NCCCc1ccccc1)c1ccc2c(c1)C(=O)N(Cc1ccccc1)C2=O. The van der Waals surface area contributed by atoms with Gasteiger partial charge < -0.3 is 5.32 Å². The van der Waals surface area contributed by atoms with Gasteiger partial charge in [-0.15, -0.1) is 0 Å². The van der Waals surface area contributed by atoms with Crippen LogP contribution >= 0.6 is 0 Å². The molecule has 0 radical (unpaired) electrons. The predicted molar refractivity (Wildman–Crippen MR) is 114 cm³/mol. The molecule has 5 nitrogen and oxygen atoms in total. The van der Waals surface area contributed by atoms with E-state index < -0.39 is 0 Å². The molecule has 30 heavy (non-hydrogen) atoms. The Hall–Kier alpha value is -3.73. The minimum atomic E-state index is -0.363. The lowest BCUT2D eigenvalue weighted by Crippen LogP contribution is -2.29. The second-order valence-corrected chi connectivity index (χ2v) is 7.29. The lowest BCUT2D eigenvalue weighted by Gasteiger charge is -2.13. The molecule has 3 amide bonds. The first-order valence-electron chi connectivity index (χ1n) is 10.00. The first-order chi connectivity index (χ1) is 14.6. The first-order valence-corrected chi connectivity index (χ1v) is 10.00. The summed E-state index contributed by atoms with van der Waals surface area (Å²) >= 11 is 0. The van der Waals surface area contributed by atoms with Gasteiger partial charge in [0.1, 0.15) is 0 Å². The van der Waals surface area contributed by atoms with Crippen LogP contribution in [0.15, 0.2) is 78.9 Å². The van der Waals surface area contributed by atoms with Crippen molar-refractivity contribution < 1.29 is 14.4 Å². The van der Waals surface area contributed by atoms with Crippen LogP contribution < -0.4 is 5.32 Å². The maximum absolute atomic E-state index is 12.8. The highest BCUT2D eigenvalue weighted by Gasteiger charge is 2.35. The van der Waals surface area contributed by atoms with E-state index in [0.29, 0.717) is 17.7 Å². The van der Waals surface area contributed by atoms with Gasteiger partial charge in [0.2, 0.25) is 0 Å². The number of carbonyl (C=O) groups excluding carboxylic acids is 3. The fourth-order valence-corrected chi connectivity index (χ4v) is 3.58. The highest BCUT2D eigenvalue weighted by molar-refractivity contribution is 6.22. The highest BCUT2D eigenvalue weighted by Crippen LogP contribution is 2.25. The molecule has 1 aliphatic heterocycles. The Morgan fingerprint density at radius 1 is 0.767 bits per heavy atom. The van der Waals surface area contributed by atoms with Crippen LogP contribution in [0, 0.1) is 0 Å². The predicted octanol–water partition coefficient (Wildman–Crippen LogP) is 3.85. The second kappa shape index (κ2) is 8.74. The monoisotopic (exact) mass is 398 g/mol. The fraction of sp³-hybridized carbons (Fsp3) is 0.160. The molecular weight excluding hydrogens is 376 g/mol. The molecule has 0 spiro atoms. The highest BCUT2D eigenvalue weighted by atomic mass is 16.2. The van der Waals surface area contributed by atoms with Crippen molar-refractivity contribution in [3.05, 3.63) is 107 Å². The molecule has 0 atom stereocenters. The van der Waals surface area contributed by atoms with Crippen molar-refractivity contribution in [2.24, 2.45) is 0 Å². The Balaban J connectivity index is 1.39. The molecule has 0 saturated carbocycles. The van der Waals surface area contributed by atoms with Gasteiger partial charge in [-0.25, -0.2) is 0 Å². The molecule has 3 aromatic rings. The van der Waals surface area contributed by atoms with Gasteiger partial charge in [0.05, 0.1) is 17.7 Å². The van der Waals surface area contributed by atoms with E-state index in [1.807, 2.05) is 48.5 Å². The minimum absolute atomic E-state index is 0.216. The Morgan fingerprint density at radius 3 is 2.10 bits per heavy atom. The number of nitrogens with zero attached hydrogens (tertiary/aromatic N) is 1. The van der Waals surface area contributed by atoms with E-state index in [-0.39, 0.29) is 29.8 Å². The van der Waals surface area contributed by atoms with E-state index in [0.717, 1.165) is 18.4 Å². The van der Waals surface area contributed by atoms with E-state index in [4.69, 9.17) is 0 Å². The standard InChI is InChI=1S/C25H22N2O3/c28-23(26-15-7-12-18-8-3-1-4-9-18)20-13-14-21-22(16-20)25(30)27(24(21)29)17-19-10-5-2-6-11-19/h1-6,8-11,13-14,16H,7,12,15,17H2,(H,26,28). The molecule has 150 valence electrons. The minimum Gasteiger partial charge on any atom is -0.352 e. The summed E-state index contributed by atoms with van der Waals surface area (Å²) in [5.74, 6) is -0.932. The summed E-state index contributed by atoms with van der Waals surface area (Å²) in [5.41, 5.74) is 3.12. The third-order valence-electron chi connectivity index (χ3n) is 5.19. The summed E-state index contributed by atoms with van der Waals surface area (Å²) in [5, 5.41) is 2.89. The Labute approximate surface area is 175 Å². The van der Waals surface area contributed by atoms with E-state index in [2.05, 4.69) is 17.4 Å². The molecule has 1 aliphatic rings. The zero-order valence-electron chi connectivity index (χ0n) is 16.5. The van der Waals surface area contributed by atoms with Gasteiger partial charge in [0.15, 0.2) is 0 Å². The van der Waals surface area contributed by atoms with Crippen molar-refractivity contribution >= 4 is 17.7 Å². The number of imide groups is 1. The van der Waals surface area contributed by atoms with Gasteiger partial charge in [0, 0.05) is 12.1 Å². The number of benzene rings is 3. The van der Waals surface area contributed by atoms with Gasteiger partial charge in [-0.2, -0.15) is 0 Å². The van der Waals surface area contributed by atoms with Crippen LogP contribution in [0.25, 0.3) is 0 Å². The van der Waals surface area contributed by atoms with Crippen molar-refractivity contribution in [2.75, 3.05) is 6.54 Å². The molecule has 0 unspecified atom stereocenters. The Kier molecular flexibility index (Phi) is 5.70. The average molecular weight is 398 g/mol. The smallest absolute Gasteiger partial charge is 0.261 e. The van der Waals surface area contributed by atoms with E-state index in [1.54, 1.807) is 12.1 Å². The van der Waals surface area contributed by atoms with Gasteiger partial charge in [-0.3, -0.25) is 19.3 Å². The quantitative estimate of drug-likeness (QED) is 0.486. The molecule has 0 fully saturated rings. The van der Waals surface area contributed by atoms with Crippen molar-refractivity contribution in [3.8, 4) is 0 Å². The maximum Gasteiger partial charge on any atom is 0.261 e. The van der Waals surface area contributed by atoms with Crippen molar-refractivity contribution in [2.45, 2.75) is 19.4 Å². The van der Waals surface area contributed by atoms with E-state index >= 15 is 0 Å². The number of carbonyl (C=O) groups is 3. The third-order valence-corrected chi connectivity index (χ3v) is 5.19. The number of hydrogen-bond donors (Lipinski definition) is 1. The number of nitrogens with one attached hydrogen (secondary N) is 1. The summed E-state index contributed by atoms with van der Waals surface area (Å²) < 4.78 is 0. The van der Waals surface area contributed by atoms with Crippen LogP contribution in [0.3, 0.4) is 0 Å². The lowest BCUT2D eigenvalue weighted by molar-refractivity contribution is 0.0642. The average Bonchev–Trinajstić information content (AvgIpc) is 3.02. The van der Waals surface area contributed by atoms with E-state index in [1.165, 1.54) is 16.5 Å². The molecule has 1 N–H and O–H groups in total. The van der Waals surface area contributed by atoms with Gasteiger partial charge >= 0.3 is 0 Å². The lowest BCUT2D eigenvalue weighted by atomic mass is 10.1. The van der Waals surface area contributed by atoms with Crippen LogP contribution in [0.4, 0.5) is 0 Å². The third kappa shape index (κ3) is 4.15. The summed E-state index contributed by atoms with van der Waals surface area (Å²) in [7, 11) is 0. The van der Waals surface area contributed by atoms with Crippen molar-refractivity contribution in [3.63, 3.8) is 0 Å². The number of aryl methyl sites for hydroxylation is 1. The molecule has 0 bridgehead atoms. The molecule has 0 aromatic heterocycles. The number of hydrogen-bond acceptors (Lipinski definition) is 3. The summed E-state index contributed by atoms with van der Waals surface area (Å²) in [6, 6.07) is 24.2.